The Morgan fingerprint density at radius 3 is 2.23 bits per heavy atom. The molecule has 7 nitrogen and oxygen atoms in total. The second kappa shape index (κ2) is 7.27. The van der Waals surface area contributed by atoms with Crippen LogP contribution in [0, 0.1) is 0 Å². The number of sulfonamides is 1. The maximum atomic E-state index is 13.1. The van der Waals surface area contributed by atoms with E-state index in [-0.39, 0.29) is 17.0 Å². The fraction of sp³-hybridized carbons (Fsp3) is 0.222. The van der Waals surface area contributed by atoms with Gasteiger partial charge in [-0.2, -0.15) is 4.31 Å². The minimum atomic E-state index is -3.76. The van der Waals surface area contributed by atoms with E-state index in [1.54, 1.807) is 0 Å². The maximum Gasteiger partial charge on any atom is 0.314 e. The summed E-state index contributed by atoms with van der Waals surface area (Å²) in [5.74, 6) is 0. The number of rotatable bonds is 6. The Morgan fingerprint density at radius 1 is 0.923 bits per heavy atom. The van der Waals surface area contributed by atoms with Gasteiger partial charge in [0.1, 0.15) is 0 Å². The van der Waals surface area contributed by atoms with Crippen LogP contribution in [0.4, 0.5) is 0 Å². The van der Waals surface area contributed by atoms with E-state index in [0.717, 1.165) is 5.56 Å². The van der Waals surface area contributed by atoms with E-state index < -0.39 is 21.1 Å². The Morgan fingerprint density at radius 2 is 1.58 bits per heavy atom. The number of nitrogens with one attached hydrogen (secondary N) is 2. The fourth-order valence-electron chi connectivity index (χ4n) is 2.72. The third kappa shape index (κ3) is 3.61. The van der Waals surface area contributed by atoms with E-state index in [2.05, 4.69) is 9.97 Å². The van der Waals surface area contributed by atoms with Crippen LogP contribution in [-0.4, -0.2) is 29.2 Å². The van der Waals surface area contributed by atoms with Crippen molar-refractivity contribution in [2.24, 2.45) is 0 Å². The van der Waals surface area contributed by atoms with Crippen LogP contribution in [0.1, 0.15) is 18.9 Å². The third-order valence-corrected chi connectivity index (χ3v) is 5.85. The zero-order valence-corrected chi connectivity index (χ0v) is 15.0. The van der Waals surface area contributed by atoms with Crippen LogP contribution in [-0.2, 0) is 16.6 Å². The van der Waals surface area contributed by atoms with Gasteiger partial charge >= 0.3 is 11.1 Å². The molecule has 8 heteroatoms. The molecule has 0 amide bonds. The lowest BCUT2D eigenvalue weighted by molar-refractivity contribution is 0.406. The summed E-state index contributed by atoms with van der Waals surface area (Å²) in [4.78, 5) is 27.8. The van der Waals surface area contributed by atoms with Gasteiger partial charge in [-0.3, -0.25) is 9.59 Å². The van der Waals surface area contributed by atoms with Crippen LogP contribution < -0.4 is 11.1 Å². The summed E-state index contributed by atoms with van der Waals surface area (Å²) in [5, 5.41) is 0. The number of aromatic nitrogens is 2. The highest BCUT2D eigenvalue weighted by molar-refractivity contribution is 7.89. The van der Waals surface area contributed by atoms with Crippen molar-refractivity contribution in [1.29, 1.82) is 0 Å². The van der Waals surface area contributed by atoms with Crippen LogP contribution in [0.15, 0.2) is 63.0 Å². The molecule has 3 rings (SSSR count). The zero-order valence-electron chi connectivity index (χ0n) is 14.2. The molecule has 0 saturated heterocycles. The standard InChI is InChI=1S/C18H19N3O4S/c1-2-10-21(12-13-6-4-3-5-7-13)26(24,25)14-8-9-15-16(11-14)20-18(23)17(22)19-15/h3-9,11H,2,10,12H2,1H3,(H,19,22)(H,20,23). The number of aromatic amines is 2. The summed E-state index contributed by atoms with van der Waals surface area (Å²) >= 11 is 0. The molecular weight excluding hydrogens is 354 g/mol. The summed E-state index contributed by atoms with van der Waals surface area (Å²) in [6.45, 7) is 2.55. The minimum absolute atomic E-state index is 0.0667. The molecule has 3 aromatic rings. The average molecular weight is 373 g/mol. The minimum Gasteiger partial charge on any atom is -0.316 e. The first kappa shape index (κ1) is 18.1. The van der Waals surface area contributed by atoms with Gasteiger partial charge in [0.15, 0.2) is 0 Å². The van der Waals surface area contributed by atoms with Crippen molar-refractivity contribution in [2.75, 3.05) is 6.54 Å². The van der Waals surface area contributed by atoms with Crippen LogP contribution in [0.3, 0.4) is 0 Å². The number of hydrogen-bond acceptors (Lipinski definition) is 4. The molecule has 0 fully saturated rings. The topological polar surface area (TPSA) is 103 Å². The SMILES string of the molecule is CCCN(Cc1ccccc1)S(=O)(=O)c1ccc2[nH]c(=O)c(=O)[nH]c2c1. The van der Waals surface area contributed by atoms with Crippen molar-refractivity contribution in [3.63, 3.8) is 0 Å². The van der Waals surface area contributed by atoms with Gasteiger partial charge in [-0.05, 0) is 30.2 Å². The fourth-order valence-corrected chi connectivity index (χ4v) is 4.27. The molecule has 2 N–H and O–H groups in total. The maximum absolute atomic E-state index is 13.1. The Kier molecular flexibility index (Phi) is 5.06. The molecule has 0 unspecified atom stereocenters. The van der Waals surface area contributed by atoms with Gasteiger partial charge in [0.25, 0.3) is 0 Å². The van der Waals surface area contributed by atoms with Crippen molar-refractivity contribution in [1.82, 2.24) is 14.3 Å². The number of benzene rings is 2. The van der Waals surface area contributed by atoms with Gasteiger partial charge in [0, 0.05) is 13.1 Å². The van der Waals surface area contributed by atoms with Gasteiger partial charge in [0.2, 0.25) is 10.0 Å². The van der Waals surface area contributed by atoms with Gasteiger partial charge in [-0.15, -0.1) is 0 Å². The van der Waals surface area contributed by atoms with Gasteiger partial charge in [0.05, 0.1) is 15.9 Å². The molecule has 1 heterocycles. The van der Waals surface area contributed by atoms with E-state index in [1.165, 1.54) is 22.5 Å². The first-order chi connectivity index (χ1) is 12.4. The molecule has 136 valence electrons. The zero-order chi connectivity index (χ0) is 18.7. The molecule has 2 aromatic carbocycles. The molecule has 0 aliphatic rings. The second-order valence-corrected chi connectivity index (χ2v) is 7.88. The molecular formula is C18H19N3O4S. The van der Waals surface area contributed by atoms with Crippen LogP contribution >= 0.6 is 0 Å². The van der Waals surface area contributed by atoms with Gasteiger partial charge in [-0.25, -0.2) is 8.42 Å². The van der Waals surface area contributed by atoms with E-state index >= 15 is 0 Å². The normalized spacial score (nSPS) is 11.9. The molecule has 0 bridgehead atoms. The molecule has 0 atom stereocenters. The number of H-pyrrole nitrogens is 2. The molecule has 0 aliphatic heterocycles. The van der Waals surface area contributed by atoms with E-state index in [9.17, 15) is 18.0 Å². The number of fused-ring (bicyclic) bond motifs is 1. The Bertz CT molecular complexity index is 1130. The molecule has 0 aliphatic carbocycles. The molecule has 0 saturated carbocycles. The van der Waals surface area contributed by atoms with E-state index in [1.807, 2.05) is 37.3 Å². The van der Waals surface area contributed by atoms with Crippen molar-refractivity contribution < 1.29 is 8.42 Å². The largest absolute Gasteiger partial charge is 0.316 e. The monoisotopic (exact) mass is 373 g/mol. The lowest BCUT2D eigenvalue weighted by Crippen LogP contribution is -2.32. The summed E-state index contributed by atoms with van der Waals surface area (Å²) < 4.78 is 27.6. The predicted octanol–water partition coefficient (Wildman–Crippen LogP) is 1.82. The first-order valence-corrected chi connectivity index (χ1v) is 9.66. The smallest absolute Gasteiger partial charge is 0.314 e. The number of nitrogens with zero attached hydrogens (tertiary/aromatic N) is 1. The molecule has 0 radical (unpaired) electrons. The lowest BCUT2D eigenvalue weighted by Gasteiger charge is -2.22. The van der Waals surface area contributed by atoms with Gasteiger partial charge < -0.3 is 9.97 Å². The van der Waals surface area contributed by atoms with Crippen molar-refractivity contribution in [3.8, 4) is 0 Å². The van der Waals surface area contributed by atoms with Crippen LogP contribution in [0.25, 0.3) is 11.0 Å². The van der Waals surface area contributed by atoms with E-state index in [4.69, 9.17) is 0 Å². The lowest BCUT2D eigenvalue weighted by atomic mass is 10.2. The van der Waals surface area contributed by atoms with Crippen molar-refractivity contribution in [3.05, 3.63) is 74.8 Å². The summed E-state index contributed by atoms with van der Waals surface area (Å²) in [5.41, 5.74) is -0.0555. The second-order valence-electron chi connectivity index (χ2n) is 5.94. The Balaban J connectivity index is 2.03. The van der Waals surface area contributed by atoms with Crippen molar-refractivity contribution in [2.45, 2.75) is 24.8 Å². The summed E-state index contributed by atoms with van der Waals surface area (Å²) in [6, 6.07) is 13.6. The Labute approximate surface area is 150 Å². The van der Waals surface area contributed by atoms with Crippen LogP contribution in [0.5, 0.6) is 0 Å². The molecule has 1 aromatic heterocycles. The third-order valence-electron chi connectivity index (χ3n) is 4.01. The van der Waals surface area contributed by atoms with Crippen LogP contribution in [0.2, 0.25) is 0 Å². The predicted molar refractivity (Wildman–Crippen MR) is 99.5 cm³/mol. The average Bonchev–Trinajstić information content (AvgIpc) is 2.63. The molecule has 0 spiro atoms. The first-order valence-electron chi connectivity index (χ1n) is 8.22. The Hall–Kier alpha value is -2.71. The molecule has 26 heavy (non-hydrogen) atoms. The highest BCUT2D eigenvalue weighted by Crippen LogP contribution is 2.21. The number of hydrogen-bond donors (Lipinski definition) is 2. The highest BCUT2D eigenvalue weighted by Gasteiger charge is 2.24. The quantitative estimate of drug-likeness (QED) is 0.643. The summed E-state index contributed by atoms with van der Waals surface area (Å²) in [7, 11) is -3.76. The van der Waals surface area contributed by atoms with E-state index in [0.29, 0.717) is 18.5 Å². The summed E-state index contributed by atoms with van der Waals surface area (Å²) in [6.07, 6.45) is 0.670. The van der Waals surface area contributed by atoms with Crippen molar-refractivity contribution >= 4 is 21.1 Å². The van der Waals surface area contributed by atoms with Gasteiger partial charge in [-0.1, -0.05) is 37.3 Å². The highest BCUT2D eigenvalue weighted by atomic mass is 32.2.